The molecule has 4 nitrogen and oxygen atoms in total. The summed E-state index contributed by atoms with van der Waals surface area (Å²) in [4.78, 5) is 22.5. The summed E-state index contributed by atoms with van der Waals surface area (Å²) in [7, 11) is 0.991. The van der Waals surface area contributed by atoms with Crippen LogP contribution < -0.4 is 0 Å². The van der Waals surface area contributed by atoms with Crippen molar-refractivity contribution >= 4 is 11.9 Å². The second-order valence-electron chi connectivity index (χ2n) is 3.78. The molecule has 7 heteroatoms. The third kappa shape index (κ3) is 3.24. The summed E-state index contributed by atoms with van der Waals surface area (Å²) < 4.78 is 45.4. The van der Waals surface area contributed by atoms with E-state index in [4.69, 9.17) is 0 Å². The normalized spacial score (nSPS) is 14.4. The van der Waals surface area contributed by atoms with E-state index in [1.54, 1.807) is 6.07 Å². The quantitative estimate of drug-likeness (QED) is 0.794. The van der Waals surface area contributed by atoms with Gasteiger partial charge in [0.05, 0.1) is 7.11 Å². The monoisotopic (exact) mass is 276 g/mol. The Kier molecular flexibility index (Phi) is 4.18. The first-order chi connectivity index (χ1) is 8.71. The lowest BCUT2D eigenvalue weighted by Crippen LogP contribution is -2.42. The molecule has 0 spiro atoms. The zero-order valence-corrected chi connectivity index (χ0v) is 10.2. The highest BCUT2D eigenvalue weighted by Gasteiger charge is 2.49. The van der Waals surface area contributed by atoms with Crippen molar-refractivity contribution in [2.24, 2.45) is 0 Å². The minimum atomic E-state index is -5.19. The number of hydrogen-bond acceptors (Lipinski definition) is 4. The molecule has 1 aromatic carbocycles. The topological polar surface area (TPSA) is 52.6 Å². The Morgan fingerprint density at radius 1 is 1.05 bits per heavy atom. The summed E-state index contributed by atoms with van der Waals surface area (Å²) >= 11 is 0. The molecule has 1 atom stereocenters. The van der Waals surface area contributed by atoms with Crippen molar-refractivity contribution in [2.75, 3.05) is 7.11 Å². The van der Waals surface area contributed by atoms with Crippen molar-refractivity contribution in [2.45, 2.75) is 18.7 Å². The van der Waals surface area contributed by atoms with Crippen molar-refractivity contribution in [1.82, 2.24) is 0 Å². The van der Waals surface area contributed by atoms with Crippen LogP contribution in [-0.4, -0.2) is 25.2 Å². The van der Waals surface area contributed by atoms with Crippen molar-refractivity contribution < 1.29 is 32.2 Å². The number of alkyl halides is 3. The van der Waals surface area contributed by atoms with Crippen LogP contribution in [0.3, 0.4) is 0 Å². The number of rotatable bonds is 3. The van der Waals surface area contributed by atoms with Crippen LogP contribution in [-0.2, 0) is 24.7 Å². The van der Waals surface area contributed by atoms with Gasteiger partial charge in [-0.2, -0.15) is 13.2 Å². The maximum atomic E-state index is 12.2. The third-order valence-electron chi connectivity index (χ3n) is 2.43. The lowest BCUT2D eigenvalue weighted by atomic mass is 9.96. The molecule has 0 saturated heterocycles. The van der Waals surface area contributed by atoms with Crippen LogP contribution in [0.25, 0.3) is 0 Å². The molecule has 1 unspecified atom stereocenters. The van der Waals surface area contributed by atoms with Crippen molar-refractivity contribution in [3.05, 3.63) is 35.9 Å². The molecule has 0 aromatic heterocycles. The average molecular weight is 276 g/mol. The van der Waals surface area contributed by atoms with Gasteiger partial charge in [0.15, 0.2) is 0 Å². The van der Waals surface area contributed by atoms with E-state index in [0.29, 0.717) is 0 Å². The number of carbonyl (C=O) groups is 2. The van der Waals surface area contributed by atoms with E-state index in [1.807, 2.05) is 0 Å². The van der Waals surface area contributed by atoms with Gasteiger partial charge in [-0.05, 0) is 6.92 Å². The van der Waals surface area contributed by atoms with Crippen LogP contribution >= 0.6 is 0 Å². The summed E-state index contributed by atoms with van der Waals surface area (Å²) in [6, 6.07) is 7.32. The molecule has 1 rings (SSSR count). The van der Waals surface area contributed by atoms with Gasteiger partial charge in [-0.1, -0.05) is 30.3 Å². The highest BCUT2D eigenvalue weighted by atomic mass is 19.4. The molecule has 0 aliphatic carbocycles. The van der Waals surface area contributed by atoms with Crippen LogP contribution in [0.15, 0.2) is 30.3 Å². The number of benzene rings is 1. The second kappa shape index (κ2) is 5.29. The van der Waals surface area contributed by atoms with Gasteiger partial charge in [-0.3, -0.25) is 0 Å². The fourth-order valence-corrected chi connectivity index (χ4v) is 1.41. The molecule has 0 saturated carbocycles. The molecule has 104 valence electrons. The van der Waals surface area contributed by atoms with Crippen LogP contribution in [0.4, 0.5) is 13.2 Å². The molecule has 1 aromatic rings. The Bertz CT molecular complexity index is 470. The van der Waals surface area contributed by atoms with Crippen molar-refractivity contribution in [3.63, 3.8) is 0 Å². The zero-order chi connectivity index (χ0) is 14.7. The molecule has 0 radical (unpaired) electrons. The molecule has 0 aliphatic heterocycles. The minimum absolute atomic E-state index is 0.0828. The highest BCUT2D eigenvalue weighted by molar-refractivity contribution is 5.86. The largest absolute Gasteiger partial charge is 0.490 e. The van der Waals surface area contributed by atoms with Gasteiger partial charge >= 0.3 is 18.1 Å². The molecule has 0 N–H and O–H groups in total. The smallest absolute Gasteiger partial charge is 0.466 e. The molecule has 0 heterocycles. The summed E-state index contributed by atoms with van der Waals surface area (Å²) in [5.74, 6) is -3.56. The first kappa shape index (κ1) is 15.0. The summed E-state index contributed by atoms with van der Waals surface area (Å²) in [5, 5.41) is 0. The Morgan fingerprint density at radius 2 is 1.58 bits per heavy atom. The molecule has 0 bridgehead atoms. The maximum absolute atomic E-state index is 12.2. The molecule has 0 fully saturated rings. The summed E-state index contributed by atoms with van der Waals surface area (Å²) in [6.07, 6.45) is -5.19. The number of esters is 2. The van der Waals surface area contributed by atoms with E-state index >= 15 is 0 Å². The Morgan fingerprint density at radius 3 is 2.00 bits per heavy atom. The third-order valence-corrected chi connectivity index (χ3v) is 2.43. The maximum Gasteiger partial charge on any atom is 0.490 e. The van der Waals surface area contributed by atoms with Gasteiger partial charge in [0.1, 0.15) is 0 Å². The van der Waals surface area contributed by atoms with Gasteiger partial charge in [0.25, 0.3) is 0 Å². The number of methoxy groups -OCH3 is 1. The van der Waals surface area contributed by atoms with Gasteiger partial charge in [-0.25, -0.2) is 9.59 Å². The first-order valence-corrected chi connectivity index (χ1v) is 5.16. The van der Waals surface area contributed by atoms with Crippen LogP contribution in [0.1, 0.15) is 12.5 Å². The van der Waals surface area contributed by atoms with Crippen LogP contribution in [0.2, 0.25) is 0 Å². The Balaban J connectivity index is 3.16. The Hall–Kier alpha value is -2.05. The summed E-state index contributed by atoms with van der Waals surface area (Å²) in [5.41, 5.74) is -2.07. The van der Waals surface area contributed by atoms with E-state index in [0.717, 1.165) is 14.0 Å². The lowest BCUT2D eigenvalue weighted by molar-refractivity contribution is -0.218. The summed E-state index contributed by atoms with van der Waals surface area (Å²) in [6.45, 7) is 1.04. The fourth-order valence-electron chi connectivity index (χ4n) is 1.41. The van der Waals surface area contributed by atoms with Crippen molar-refractivity contribution in [3.8, 4) is 0 Å². The predicted molar refractivity (Wildman–Crippen MR) is 58.0 cm³/mol. The lowest BCUT2D eigenvalue weighted by Gasteiger charge is -2.27. The number of carbonyl (C=O) groups excluding carboxylic acids is 2. The standard InChI is InChI=1S/C12H11F3O4/c1-11(9(16)18-2,8-6-4-3-5-7-8)19-10(17)12(13,14)15/h3-7H,1-2H3. The van der Waals surface area contributed by atoms with Gasteiger partial charge in [-0.15, -0.1) is 0 Å². The number of ether oxygens (including phenoxy) is 2. The highest BCUT2D eigenvalue weighted by Crippen LogP contribution is 2.30. The second-order valence-corrected chi connectivity index (χ2v) is 3.78. The molecule has 0 aliphatic rings. The van der Waals surface area contributed by atoms with E-state index in [1.165, 1.54) is 24.3 Å². The SMILES string of the molecule is COC(=O)C(C)(OC(=O)C(F)(F)F)c1ccccc1. The zero-order valence-electron chi connectivity index (χ0n) is 10.2. The number of halogens is 3. The van der Waals surface area contributed by atoms with Crippen molar-refractivity contribution in [1.29, 1.82) is 0 Å². The molecular formula is C12H11F3O4. The average Bonchev–Trinajstić information content (AvgIpc) is 2.37. The molecular weight excluding hydrogens is 265 g/mol. The van der Waals surface area contributed by atoms with E-state index < -0.39 is 23.7 Å². The van der Waals surface area contributed by atoms with E-state index in [-0.39, 0.29) is 5.56 Å². The Labute approximate surface area is 107 Å². The van der Waals surface area contributed by atoms with Crippen LogP contribution in [0.5, 0.6) is 0 Å². The van der Waals surface area contributed by atoms with E-state index in [9.17, 15) is 22.8 Å². The van der Waals surface area contributed by atoms with Gasteiger partial charge in [0.2, 0.25) is 5.60 Å². The molecule has 19 heavy (non-hydrogen) atoms. The first-order valence-electron chi connectivity index (χ1n) is 5.16. The predicted octanol–water partition coefficient (Wildman–Crippen LogP) is 2.18. The van der Waals surface area contributed by atoms with Gasteiger partial charge in [0, 0.05) is 5.56 Å². The number of hydrogen-bond donors (Lipinski definition) is 0. The van der Waals surface area contributed by atoms with Crippen LogP contribution in [0, 0.1) is 0 Å². The minimum Gasteiger partial charge on any atom is -0.466 e. The van der Waals surface area contributed by atoms with Gasteiger partial charge < -0.3 is 9.47 Å². The fraction of sp³-hybridized carbons (Fsp3) is 0.333. The van der Waals surface area contributed by atoms with E-state index in [2.05, 4.69) is 9.47 Å². The molecule has 0 amide bonds.